The standard InChI is InChI=1S/C10H9NO3.ClH/c11-5-7-4-9(13)8-2-1-6(12)3-10(8)14-7;/h1-4,12H,5,11H2;1H. The van der Waals surface area contributed by atoms with E-state index in [2.05, 4.69) is 0 Å². The molecule has 0 fully saturated rings. The lowest BCUT2D eigenvalue weighted by Crippen LogP contribution is -2.05. The predicted molar refractivity (Wildman–Crippen MR) is 59.3 cm³/mol. The molecule has 15 heavy (non-hydrogen) atoms. The highest BCUT2D eigenvalue weighted by atomic mass is 35.5. The predicted octanol–water partition coefficient (Wildman–Crippen LogP) is 1.38. The van der Waals surface area contributed by atoms with E-state index in [1.165, 1.54) is 24.3 Å². The van der Waals surface area contributed by atoms with E-state index < -0.39 is 0 Å². The summed E-state index contributed by atoms with van der Waals surface area (Å²) in [4.78, 5) is 11.5. The van der Waals surface area contributed by atoms with Crippen LogP contribution in [0.2, 0.25) is 0 Å². The van der Waals surface area contributed by atoms with E-state index in [9.17, 15) is 9.90 Å². The zero-order chi connectivity index (χ0) is 10.1. The SMILES string of the molecule is Cl.NCc1cc(=O)c2ccc(O)cc2o1. The van der Waals surface area contributed by atoms with Gasteiger partial charge in [0.05, 0.1) is 11.9 Å². The van der Waals surface area contributed by atoms with Crippen LogP contribution in [-0.4, -0.2) is 5.11 Å². The zero-order valence-electron chi connectivity index (χ0n) is 7.77. The number of aromatic hydroxyl groups is 1. The summed E-state index contributed by atoms with van der Waals surface area (Å²) in [6.07, 6.45) is 0. The van der Waals surface area contributed by atoms with Gasteiger partial charge in [0.2, 0.25) is 0 Å². The maximum atomic E-state index is 11.5. The van der Waals surface area contributed by atoms with Crippen molar-refractivity contribution in [2.24, 2.45) is 5.73 Å². The molecule has 0 bridgehead atoms. The van der Waals surface area contributed by atoms with Crippen molar-refractivity contribution in [3.05, 3.63) is 40.2 Å². The second kappa shape index (κ2) is 4.33. The Morgan fingerprint density at radius 3 is 2.73 bits per heavy atom. The molecule has 0 amide bonds. The minimum Gasteiger partial charge on any atom is -0.508 e. The number of hydrogen-bond acceptors (Lipinski definition) is 4. The van der Waals surface area contributed by atoms with Gasteiger partial charge in [-0.2, -0.15) is 0 Å². The first-order chi connectivity index (χ1) is 6.70. The first-order valence-corrected chi connectivity index (χ1v) is 4.16. The minimum atomic E-state index is -0.147. The Hall–Kier alpha value is -1.52. The first kappa shape index (κ1) is 11.6. The summed E-state index contributed by atoms with van der Waals surface area (Å²) in [6.45, 7) is 0.167. The summed E-state index contributed by atoms with van der Waals surface area (Å²) in [7, 11) is 0. The van der Waals surface area contributed by atoms with Crippen molar-refractivity contribution >= 4 is 23.4 Å². The number of phenolic OH excluding ortho intramolecular Hbond substituents is 1. The molecule has 0 spiro atoms. The molecule has 0 aliphatic rings. The molecule has 3 N–H and O–H groups in total. The number of phenols is 1. The van der Waals surface area contributed by atoms with Gasteiger partial charge in [-0.1, -0.05) is 0 Å². The van der Waals surface area contributed by atoms with Crippen molar-refractivity contribution in [3.8, 4) is 5.75 Å². The maximum Gasteiger partial charge on any atom is 0.193 e. The van der Waals surface area contributed by atoms with Crippen LogP contribution in [0.5, 0.6) is 5.75 Å². The quantitative estimate of drug-likeness (QED) is 0.772. The van der Waals surface area contributed by atoms with Crippen LogP contribution in [0, 0.1) is 0 Å². The fourth-order valence-electron chi connectivity index (χ4n) is 1.29. The van der Waals surface area contributed by atoms with Crippen LogP contribution >= 0.6 is 12.4 Å². The third-order valence-electron chi connectivity index (χ3n) is 1.96. The number of benzene rings is 1. The molecule has 5 heteroatoms. The Morgan fingerprint density at radius 2 is 2.07 bits per heavy atom. The topological polar surface area (TPSA) is 76.5 Å². The molecular formula is C10H10ClNO3. The Kier molecular flexibility index (Phi) is 3.34. The van der Waals surface area contributed by atoms with Crippen molar-refractivity contribution in [1.82, 2.24) is 0 Å². The summed E-state index contributed by atoms with van der Waals surface area (Å²) in [6, 6.07) is 5.73. The highest BCUT2D eigenvalue weighted by molar-refractivity contribution is 5.85. The third kappa shape index (κ3) is 2.11. The molecule has 1 aromatic carbocycles. The molecule has 0 radical (unpaired) electrons. The van der Waals surface area contributed by atoms with Crippen LogP contribution in [0.25, 0.3) is 11.0 Å². The fraction of sp³-hybridized carbons (Fsp3) is 0.100. The lowest BCUT2D eigenvalue weighted by Gasteiger charge is -2.00. The molecule has 0 saturated carbocycles. The highest BCUT2D eigenvalue weighted by Gasteiger charge is 2.03. The number of hydrogen-bond donors (Lipinski definition) is 2. The van der Waals surface area contributed by atoms with Crippen LogP contribution < -0.4 is 11.2 Å². The third-order valence-corrected chi connectivity index (χ3v) is 1.96. The normalized spacial score (nSPS) is 9.93. The average Bonchev–Trinajstić information content (AvgIpc) is 2.16. The van der Waals surface area contributed by atoms with Gasteiger partial charge >= 0.3 is 0 Å². The maximum absolute atomic E-state index is 11.5. The molecule has 2 aromatic rings. The van der Waals surface area contributed by atoms with Gasteiger partial charge in [0.15, 0.2) is 5.43 Å². The fourth-order valence-corrected chi connectivity index (χ4v) is 1.29. The summed E-state index contributed by atoms with van der Waals surface area (Å²) >= 11 is 0. The summed E-state index contributed by atoms with van der Waals surface area (Å²) < 4.78 is 5.29. The van der Waals surface area contributed by atoms with Crippen molar-refractivity contribution in [2.75, 3.05) is 0 Å². The largest absolute Gasteiger partial charge is 0.508 e. The molecule has 80 valence electrons. The van der Waals surface area contributed by atoms with Gasteiger partial charge in [0, 0.05) is 12.1 Å². The molecule has 1 heterocycles. The second-order valence-corrected chi connectivity index (χ2v) is 2.96. The molecular weight excluding hydrogens is 218 g/mol. The zero-order valence-corrected chi connectivity index (χ0v) is 8.58. The second-order valence-electron chi connectivity index (χ2n) is 2.96. The van der Waals surface area contributed by atoms with E-state index in [-0.39, 0.29) is 30.1 Å². The lowest BCUT2D eigenvalue weighted by atomic mass is 10.2. The Labute approximate surface area is 91.7 Å². The molecule has 2 rings (SSSR count). The van der Waals surface area contributed by atoms with Crippen LogP contribution in [-0.2, 0) is 6.54 Å². The van der Waals surface area contributed by atoms with Gasteiger partial charge in [-0.3, -0.25) is 4.79 Å². The molecule has 0 atom stereocenters. The molecule has 0 aliphatic heterocycles. The van der Waals surface area contributed by atoms with Gasteiger partial charge in [-0.05, 0) is 12.1 Å². The lowest BCUT2D eigenvalue weighted by molar-refractivity contribution is 0.472. The number of nitrogens with two attached hydrogens (primary N) is 1. The molecule has 0 unspecified atom stereocenters. The summed E-state index contributed by atoms with van der Waals surface area (Å²) in [5, 5.41) is 9.64. The van der Waals surface area contributed by atoms with Gasteiger partial charge in [-0.25, -0.2) is 0 Å². The monoisotopic (exact) mass is 227 g/mol. The summed E-state index contributed by atoms with van der Waals surface area (Å²) in [5.74, 6) is 0.475. The Balaban J connectivity index is 0.00000112. The van der Waals surface area contributed by atoms with Crippen molar-refractivity contribution in [1.29, 1.82) is 0 Å². The van der Waals surface area contributed by atoms with Crippen LogP contribution in [0.1, 0.15) is 5.76 Å². The number of fused-ring (bicyclic) bond motifs is 1. The van der Waals surface area contributed by atoms with E-state index >= 15 is 0 Å². The molecule has 4 nitrogen and oxygen atoms in total. The number of halogens is 1. The van der Waals surface area contributed by atoms with Gasteiger partial charge in [-0.15, -0.1) is 12.4 Å². The van der Waals surface area contributed by atoms with E-state index in [0.717, 1.165) is 0 Å². The van der Waals surface area contributed by atoms with Crippen molar-refractivity contribution in [3.63, 3.8) is 0 Å². The Morgan fingerprint density at radius 1 is 1.33 bits per heavy atom. The van der Waals surface area contributed by atoms with Crippen molar-refractivity contribution in [2.45, 2.75) is 6.54 Å². The van der Waals surface area contributed by atoms with Crippen LogP contribution in [0.4, 0.5) is 0 Å². The highest BCUT2D eigenvalue weighted by Crippen LogP contribution is 2.17. The van der Waals surface area contributed by atoms with Gasteiger partial charge in [0.25, 0.3) is 0 Å². The van der Waals surface area contributed by atoms with Gasteiger partial charge < -0.3 is 15.3 Å². The molecule has 0 aliphatic carbocycles. The smallest absolute Gasteiger partial charge is 0.193 e. The number of rotatable bonds is 1. The summed E-state index contributed by atoms with van der Waals surface area (Å²) in [5.41, 5.74) is 5.57. The van der Waals surface area contributed by atoms with E-state index in [1.807, 2.05) is 0 Å². The first-order valence-electron chi connectivity index (χ1n) is 4.16. The van der Waals surface area contributed by atoms with E-state index in [0.29, 0.717) is 16.7 Å². The average molecular weight is 228 g/mol. The van der Waals surface area contributed by atoms with Gasteiger partial charge in [0.1, 0.15) is 17.1 Å². The van der Waals surface area contributed by atoms with Crippen LogP contribution in [0.3, 0.4) is 0 Å². The minimum absolute atomic E-state index is 0. The Bertz CT molecular complexity index is 536. The molecule has 0 saturated heterocycles. The van der Waals surface area contributed by atoms with E-state index in [1.54, 1.807) is 0 Å². The van der Waals surface area contributed by atoms with Crippen molar-refractivity contribution < 1.29 is 9.52 Å². The van der Waals surface area contributed by atoms with Crippen LogP contribution in [0.15, 0.2) is 33.5 Å². The molecule has 1 aromatic heterocycles. The van der Waals surface area contributed by atoms with E-state index in [4.69, 9.17) is 10.2 Å².